The van der Waals surface area contributed by atoms with Crippen LogP contribution in [0.1, 0.15) is 52.9 Å². The van der Waals surface area contributed by atoms with Crippen LogP contribution in [0.2, 0.25) is 0 Å². The second-order valence-electron chi connectivity index (χ2n) is 8.61. The molecule has 184 valence electrons. The summed E-state index contributed by atoms with van der Waals surface area (Å²) in [5.41, 5.74) is -0.824. The topological polar surface area (TPSA) is 93.7 Å². The molecular weight excluding hydrogens is 455 g/mol. The Morgan fingerprint density at radius 1 is 0.909 bits per heavy atom. The second-order valence-corrected chi connectivity index (χ2v) is 8.61. The summed E-state index contributed by atoms with van der Waals surface area (Å²) in [5.74, 6) is -15.9. The van der Waals surface area contributed by atoms with Crippen LogP contribution < -0.4 is 15.4 Å². The number of carbonyl (C=O) groups is 3. The molecule has 0 saturated heterocycles. The largest absolute Gasteiger partial charge is 0.444 e. The van der Waals surface area contributed by atoms with Gasteiger partial charge in [-0.15, -0.1) is 0 Å². The minimum Gasteiger partial charge on any atom is -0.444 e. The van der Waals surface area contributed by atoms with Gasteiger partial charge in [0.05, 0.1) is 0 Å². The molecule has 0 unspecified atom stereocenters. The van der Waals surface area contributed by atoms with Gasteiger partial charge in [-0.25, -0.2) is 22.8 Å². The van der Waals surface area contributed by atoms with Crippen molar-refractivity contribution in [2.45, 2.75) is 64.5 Å². The van der Waals surface area contributed by atoms with Crippen molar-refractivity contribution in [3.8, 4) is 5.75 Å². The lowest BCUT2D eigenvalue weighted by Crippen LogP contribution is -2.53. The van der Waals surface area contributed by atoms with Gasteiger partial charge in [-0.3, -0.25) is 4.79 Å². The van der Waals surface area contributed by atoms with E-state index in [9.17, 15) is 36.3 Å². The molecule has 0 radical (unpaired) electrons. The van der Waals surface area contributed by atoms with Crippen molar-refractivity contribution in [2.24, 2.45) is 5.92 Å². The molecule has 12 heteroatoms. The van der Waals surface area contributed by atoms with Gasteiger partial charge in [0.25, 0.3) is 0 Å². The minimum atomic E-state index is -2.40. The lowest BCUT2D eigenvalue weighted by molar-refractivity contribution is -0.136. The highest BCUT2D eigenvalue weighted by Gasteiger charge is 2.33. The summed E-state index contributed by atoms with van der Waals surface area (Å²) in [6.45, 7) is 3.96. The normalized spacial score (nSPS) is 15.5. The average molecular weight is 480 g/mol. The lowest BCUT2D eigenvalue weighted by Gasteiger charge is -2.30. The molecule has 0 aliphatic heterocycles. The molecule has 1 aromatic carbocycles. The van der Waals surface area contributed by atoms with Gasteiger partial charge in [-0.2, -0.15) is 8.78 Å². The van der Waals surface area contributed by atoms with E-state index in [2.05, 4.69) is 15.4 Å². The number of benzene rings is 1. The maximum Gasteiger partial charge on any atom is 0.408 e. The molecule has 1 aliphatic rings. The fourth-order valence-electron chi connectivity index (χ4n) is 3.39. The van der Waals surface area contributed by atoms with Crippen molar-refractivity contribution < 1.29 is 45.8 Å². The van der Waals surface area contributed by atoms with E-state index in [0.717, 1.165) is 19.3 Å². The van der Waals surface area contributed by atoms with E-state index >= 15 is 0 Å². The number of hydrogen-bond donors (Lipinski definition) is 2. The molecule has 2 amide bonds. The molecule has 0 heterocycles. The van der Waals surface area contributed by atoms with Crippen molar-refractivity contribution in [3.63, 3.8) is 0 Å². The van der Waals surface area contributed by atoms with E-state index in [0.29, 0.717) is 12.8 Å². The Morgan fingerprint density at radius 3 is 1.94 bits per heavy atom. The molecule has 7 nitrogen and oxygen atoms in total. The number of esters is 1. The van der Waals surface area contributed by atoms with E-state index in [-0.39, 0.29) is 5.92 Å². The van der Waals surface area contributed by atoms with Gasteiger partial charge in [-0.1, -0.05) is 19.3 Å². The number of rotatable bonds is 6. The third-order valence-corrected chi connectivity index (χ3v) is 4.87. The fraction of sp³-hybridized carbons (Fsp3) is 0.571. The maximum absolute atomic E-state index is 13.7. The lowest BCUT2D eigenvalue weighted by atomic mass is 9.83. The molecule has 1 aliphatic carbocycles. The predicted molar refractivity (Wildman–Crippen MR) is 105 cm³/mol. The van der Waals surface area contributed by atoms with E-state index < -0.39 is 71.0 Å². The minimum absolute atomic E-state index is 0.252. The van der Waals surface area contributed by atoms with Crippen LogP contribution in [0.15, 0.2) is 0 Å². The highest BCUT2D eigenvalue weighted by molar-refractivity contribution is 5.89. The first-order valence-electron chi connectivity index (χ1n) is 10.3. The first kappa shape index (κ1) is 26.3. The summed E-state index contributed by atoms with van der Waals surface area (Å²) in [6, 6.07) is -1.07. The summed E-state index contributed by atoms with van der Waals surface area (Å²) in [7, 11) is 0. The van der Waals surface area contributed by atoms with Crippen LogP contribution in [-0.2, 0) is 14.3 Å². The molecule has 0 spiro atoms. The van der Waals surface area contributed by atoms with Gasteiger partial charge >= 0.3 is 12.1 Å². The first-order chi connectivity index (χ1) is 15.3. The van der Waals surface area contributed by atoms with Crippen LogP contribution in [0, 0.1) is 35.0 Å². The Labute approximate surface area is 187 Å². The molecule has 33 heavy (non-hydrogen) atoms. The van der Waals surface area contributed by atoms with E-state index in [4.69, 9.17) is 4.74 Å². The van der Waals surface area contributed by atoms with Crippen LogP contribution >= 0.6 is 0 Å². The van der Waals surface area contributed by atoms with Crippen LogP contribution in [0.25, 0.3) is 0 Å². The highest BCUT2D eigenvalue weighted by Crippen LogP contribution is 2.29. The van der Waals surface area contributed by atoms with Crippen molar-refractivity contribution in [3.05, 3.63) is 29.1 Å². The molecule has 0 aromatic heterocycles. The number of ether oxygens (including phenoxy) is 2. The van der Waals surface area contributed by atoms with Crippen LogP contribution in [0.5, 0.6) is 5.75 Å². The van der Waals surface area contributed by atoms with Crippen LogP contribution in [-0.4, -0.2) is 36.2 Å². The smallest absolute Gasteiger partial charge is 0.408 e. The standard InChI is InChI=1S/C21H25F5N2O5/c1-21(2,3)33-20(31)28-17(10-7-5-4-6-8-10)19(30)27-9-11(29)32-18-15(25)13(23)12(22)14(24)16(18)26/h10,17H,4-9H2,1-3H3,(H,27,30)(H,28,31)/t17-/m0/s1. The van der Waals surface area contributed by atoms with Gasteiger partial charge in [0.2, 0.25) is 40.7 Å². The van der Waals surface area contributed by atoms with Crippen molar-refractivity contribution in [1.29, 1.82) is 0 Å². The van der Waals surface area contributed by atoms with E-state index in [1.165, 1.54) is 0 Å². The van der Waals surface area contributed by atoms with E-state index in [1.54, 1.807) is 20.8 Å². The number of amides is 2. The Bertz CT molecular complexity index is 884. The van der Waals surface area contributed by atoms with Gasteiger partial charge < -0.3 is 20.1 Å². The zero-order valence-corrected chi connectivity index (χ0v) is 18.3. The van der Waals surface area contributed by atoms with Gasteiger partial charge in [0.15, 0.2) is 0 Å². The molecule has 2 N–H and O–H groups in total. The predicted octanol–water partition coefficient (Wildman–Crippen LogP) is 3.88. The number of halogens is 5. The highest BCUT2D eigenvalue weighted by atomic mass is 19.2. The summed E-state index contributed by atoms with van der Waals surface area (Å²) in [5, 5.41) is 4.63. The van der Waals surface area contributed by atoms with Gasteiger partial charge in [-0.05, 0) is 39.5 Å². The summed E-state index contributed by atoms with van der Waals surface area (Å²) in [6.07, 6.45) is 3.02. The number of hydrogen-bond acceptors (Lipinski definition) is 5. The molecule has 1 atom stereocenters. The van der Waals surface area contributed by atoms with Gasteiger partial charge in [0.1, 0.15) is 18.2 Å². The Balaban J connectivity index is 2.07. The average Bonchev–Trinajstić information content (AvgIpc) is 2.75. The first-order valence-corrected chi connectivity index (χ1v) is 10.3. The molecule has 0 bridgehead atoms. The van der Waals surface area contributed by atoms with Crippen molar-refractivity contribution >= 4 is 18.0 Å². The molecule has 1 saturated carbocycles. The zero-order chi connectivity index (χ0) is 24.9. The van der Waals surface area contributed by atoms with Crippen molar-refractivity contribution in [1.82, 2.24) is 10.6 Å². The summed E-state index contributed by atoms with van der Waals surface area (Å²) >= 11 is 0. The third-order valence-electron chi connectivity index (χ3n) is 4.87. The summed E-state index contributed by atoms with van der Waals surface area (Å²) < 4.78 is 76.3. The van der Waals surface area contributed by atoms with Crippen LogP contribution in [0.4, 0.5) is 26.7 Å². The van der Waals surface area contributed by atoms with Crippen LogP contribution in [0.3, 0.4) is 0 Å². The number of alkyl carbamates (subject to hydrolysis) is 1. The fourth-order valence-corrected chi connectivity index (χ4v) is 3.39. The third kappa shape index (κ3) is 7.03. The second kappa shape index (κ2) is 10.8. The van der Waals surface area contributed by atoms with Gasteiger partial charge in [0, 0.05) is 0 Å². The Kier molecular flexibility index (Phi) is 8.62. The Morgan fingerprint density at radius 2 is 1.42 bits per heavy atom. The van der Waals surface area contributed by atoms with E-state index in [1.807, 2.05) is 0 Å². The number of nitrogens with one attached hydrogen (secondary N) is 2. The quantitative estimate of drug-likeness (QED) is 0.212. The SMILES string of the molecule is CC(C)(C)OC(=O)N[C@H](C(=O)NCC(=O)Oc1c(F)c(F)c(F)c(F)c1F)C1CCCCC1. The molecular formula is C21H25F5N2O5. The Hall–Kier alpha value is -2.92. The molecule has 1 fully saturated rings. The number of carbonyl (C=O) groups excluding carboxylic acids is 3. The maximum atomic E-state index is 13.7. The summed E-state index contributed by atoms with van der Waals surface area (Å²) in [4.78, 5) is 36.8. The monoisotopic (exact) mass is 480 g/mol. The molecule has 1 aromatic rings. The molecule has 2 rings (SSSR count). The van der Waals surface area contributed by atoms with Crippen molar-refractivity contribution in [2.75, 3.05) is 6.54 Å². The zero-order valence-electron chi connectivity index (χ0n) is 18.3.